The van der Waals surface area contributed by atoms with E-state index in [9.17, 15) is 0 Å². The van der Waals surface area contributed by atoms with E-state index in [1.807, 2.05) is 0 Å². The Morgan fingerprint density at radius 3 is 3.36 bits per heavy atom. The maximum Gasteiger partial charge on any atom is 0.133 e. The number of aryl methyl sites for hydroxylation is 1. The quantitative estimate of drug-likeness (QED) is 0.635. The molecule has 1 aromatic rings. The van der Waals surface area contributed by atoms with Crippen LogP contribution >= 0.6 is 11.3 Å². The molecule has 0 bridgehead atoms. The first-order valence-electron chi connectivity index (χ1n) is 3.73. The molecule has 0 amide bonds. The minimum Gasteiger partial charge on any atom is -0.491 e. The lowest BCUT2D eigenvalue weighted by Crippen LogP contribution is -2.32. The summed E-state index contributed by atoms with van der Waals surface area (Å²) in [4.78, 5) is 2.62. The average Bonchev–Trinajstić information content (AvgIpc) is 2.27. The Labute approximate surface area is 70.0 Å². The number of rotatable bonds is 0. The normalized spacial score (nSPS) is 22.5. The Morgan fingerprint density at radius 1 is 1.73 bits per heavy atom. The van der Waals surface area contributed by atoms with Crippen LogP contribution in [0.2, 0.25) is 0 Å². The molecule has 1 aliphatic rings. The van der Waals surface area contributed by atoms with Crippen LogP contribution in [0.25, 0.3) is 0 Å². The molecule has 0 saturated carbocycles. The van der Waals surface area contributed by atoms with Crippen molar-refractivity contribution in [3.63, 3.8) is 0 Å². The van der Waals surface area contributed by atoms with Crippen molar-refractivity contribution >= 4 is 11.3 Å². The molecule has 60 valence electrons. The second-order valence-electron chi connectivity index (χ2n) is 2.92. The summed E-state index contributed by atoms with van der Waals surface area (Å²) >= 11 is 1.79. The number of hydrogen-bond acceptors (Lipinski definition) is 3. The van der Waals surface area contributed by atoms with Crippen molar-refractivity contribution in [1.82, 2.24) is 0 Å². The van der Waals surface area contributed by atoms with Crippen LogP contribution in [0, 0.1) is 6.92 Å². The lowest BCUT2D eigenvalue weighted by Gasteiger charge is -2.18. The van der Waals surface area contributed by atoms with E-state index in [0.29, 0.717) is 6.61 Å². The van der Waals surface area contributed by atoms with Gasteiger partial charge in [0.2, 0.25) is 0 Å². The van der Waals surface area contributed by atoms with Gasteiger partial charge in [-0.15, -0.1) is 11.3 Å². The number of fused-ring (bicyclic) bond motifs is 1. The topological polar surface area (TPSA) is 35.2 Å². The van der Waals surface area contributed by atoms with E-state index in [-0.39, 0.29) is 6.04 Å². The fourth-order valence-electron chi connectivity index (χ4n) is 1.30. The standard InChI is InChI=1S/C8H11NOS/c1-5-2-7-8(11-5)3-6(9)4-10-7/h2,6H,3-4,9H2,1H3. The highest BCUT2D eigenvalue weighted by Gasteiger charge is 2.18. The predicted octanol–water partition coefficient (Wildman–Crippen LogP) is 1.32. The minimum absolute atomic E-state index is 0.195. The molecule has 1 atom stereocenters. The van der Waals surface area contributed by atoms with Gasteiger partial charge in [-0.3, -0.25) is 0 Å². The Hall–Kier alpha value is -0.540. The van der Waals surface area contributed by atoms with Crippen LogP contribution < -0.4 is 10.5 Å². The molecule has 0 radical (unpaired) electrons. The molecule has 2 nitrogen and oxygen atoms in total. The van der Waals surface area contributed by atoms with Crippen molar-refractivity contribution < 1.29 is 4.74 Å². The van der Waals surface area contributed by atoms with Crippen LogP contribution in [0.4, 0.5) is 0 Å². The SMILES string of the molecule is Cc1cc2c(s1)CC(N)CO2. The minimum atomic E-state index is 0.195. The van der Waals surface area contributed by atoms with Gasteiger partial charge in [-0.2, -0.15) is 0 Å². The third kappa shape index (κ3) is 1.26. The Kier molecular flexibility index (Phi) is 1.62. The third-order valence-electron chi connectivity index (χ3n) is 1.79. The maximum atomic E-state index is 5.74. The van der Waals surface area contributed by atoms with Gasteiger partial charge >= 0.3 is 0 Å². The van der Waals surface area contributed by atoms with Gasteiger partial charge in [0.05, 0.1) is 0 Å². The second-order valence-corrected chi connectivity index (χ2v) is 4.26. The van der Waals surface area contributed by atoms with Crippen molar-refractivity contribution in [1.29, 1.82) is 0 Å². The fourth-order valence-corrected chi connectivity index (χ4v) is 2.37. The van der Waals surface area contributed by atoms with E-state index < -0.39 is 0 Å². The molecule has 0 saturated heterocycles. The molecule has 0 aromatic carbocycles. The highest BCUT2D eigenvalue weighted by Crippen LogP contribution is 2.32. The van der Waals surface area contributed by atoms with Crippen LogP contribution in [0.3, 0.4) is 0 Å². The largest absolute Gasteiger partial charge is 0.491 e. The molecule has 2 N–H and O–H groups in total. The van der Waals surface area contributed by atoms with Gasteiger partial charge in [0.15, 0.2) is 0 Å². The summed E-state index contributed by atoms with van der Waals surface area (Å²) in [5.41, 5.74) is 5.74. The molecule has 0 fully saturated rings. The maximum absolute atomic E-state index is 5.74. The fraction of sp³-hybridized carbons (Fsp3) is 0.500. The summed E-state index contributed by atoms with van der Waals surface area (Å²) in [6.45, 7) is 2.76. The zero-order chi connectivity index (χ0) is 7.84. The van der Waals surface area contributed by atoms with Crippen LogP contribution in [0.1, 0.15) is 9.75 Å². The van der Waals surface area contributed by atoms with Gasteiger partial charge in [0.25, 0.3) is 0 Å². The average molecular weight is 169 g/mol. The van der Waals surface area contributed by atoms with Crippen molar-refractivity contribution in [2.45, 2.75) is 19.4 Å². The smallest absolute Gasteiger partial charge is 0.133 e. The molecule has 11 heavy (non-hydrogen) atoms. The van der Waals surface area contributed by atoms with Crippen molar-refractivity contribution in [2.24, 2.45) is 5.73 Å². The molecule has 2 rings (SSSR count). The van der Waals surface area contributed by atoms with Crippen LogP contribution in [-0.2, 0) is 6.42 Å². The predicted molar refractivity (Wildman–Crippen MR) is 46.2 cm³/mol. The summed E-state index contributed by atoms with van der Waals surface area (Å²) in [6, 6.07) is 2.28. The van der Waals surface area contributed by atoms with Crippen molar-refractivity contribution in [3.8, 4) is 5.75 Å². The Balaban J connectivity index is 2.34. The zero-order valence-electron chi connectivity index (χ0n) is 6.46. The second kappa shape index (κ2) is 2.50. The summed E-state index contributed by atoms with van der Waals surface area (Å²) in [5, 5.41) is 0. The van der Waals surface area contributed by atoms with Crippen molar-refractivity contribution in [2.75, 3.05) is 6.61 Å². The molecular formula is C8H11NOS. The van der Waals surface area contributed by atoms with E-state index >= 15 is 0 Å². The number of nitrogens with two attached hydrogens (primary N) is 1. The molecule has 1 unspecified atom stereocenters. The van der Waals surface area contributed by atoms with Gasteiger partial charge in [-0.25, -0.2) is 0 Å². The van der Waals surface area contributed by atoms with E-state index in [1.165, 1.54) is 9.75 Å². The lowest BCUT2D eigenvalue weighted by molar-refractivity contribution is 0.266. The summed E-state index contributed by atoms with van der Waals surface area (Å²) in [7, 11) is 0. The molecule has 2 heterocycles. The van der Waals surface area contributed by atoms with Gasteiger partial charge in [0, 0.05) is 22.2 Å². The van der Waals surface area contributed by atoms with E-state index in [4.69, 9.17) is 10.5 Å². The van der Waals surface area contributed by atoms with E-state index in [1.54, 1.807) is 11.3 Å². The molecule has 1 aromatic heterocycles. The monoisotopic (exact) mass is 169 g/mol. The summed E-state index contributed by atoms with van der Waals surface area (Å²) in [5.74, 6) is 1.05. The third-order valence-corrected chi connectivity index (χ3v) is 2.85. The number of ether oxygens (including phenoxy) is 1. The number of thiophene rings is 1. The first-order chi connectivity index (χ1) is 5.25. The summed E-state index contributed by atoms with van der Waals surface area (Å²) in [6.07, 6.45) is 0.980. The highest BCUT2D eigenvalue weighted by molar-refractivity contribution is 7.12. The molecular weight excluding hydrogens is 158 g/mol. The van der Waals surface area contributed by atoms with Crippen LogP contribution in [0.15, 0.2) is 6.07 Å². The van der Waals surface area contributed by atoms with Crippen LogP contribution in [-0.4, -0.2) is 12.6 Å². The van der Waals surface area contributed by atoms with E-state index in [0.717, 1.165) is 12.2 Å². The lowest BCUT2D eigenvalue weighted by atomic mass is 10.1. The van der Waals surface area contributed by atoms with Crippen LogP contribution in [0.5, 0.6) is 5.75 Å². The van der Waals surface area contributed by atoms with E-state index in [2.05, 4.69) is 13.0 Å². The van der Waals surface area contributed by atoms with Crippen molar-refractivity contribution in [3.05, 3.63) is 15.8 Å². The first-order valence-corrected chi connectivity index (χ1v) is 4.55. The number of hydrogen-bond donors (Lipinski definition) is 1. The van der Waals surface area contributed by atoms with Gasteiger partial charge in [0.1, 0.15) is 12.4 Å². The molecule has 0 spiro atoms. The molecule has 1 aliphatic heterocycles. The first kappa shape index (κ1) is 7.13. The van der Waals surface area contributed by atoms with Gasteiger partial charge in [-0.1, -0.05) is 0 Å². The highest BCUT2D eigenvalue weighted by atomic mass is 32.1. The van der Waals surface area contributed by atoms with Gasteiger partial charge < -0.3 is 10.5 Å². The van der Waals surface area contributed by atoms with Gasteiger partial charge in [-0.05, 0) is 13.0 Å². The zero-order valence-corrected chi connectivity index (χ0v) is 7.28. The summed E-state index contributed by atoms with van der Waals surface area (Å²) < 4.78 is 5.44. The Morgan fingerprint density at radius 2 is 2.55 bits per heavy atom. The Bertz CT molecular complexity index is 269. The molecule has 3 heteroatoms. The molecule has 0 aliphatic carbocycles.